The van der Waals surface area contributed by atoms with Gasteiger partial charge in [0.2, 0.25) is 10.0 Å². The van der Waals surface area contributed by atoms with E-state index < -0.39 is 20.5 Å². The molecule has 1 rings (SSSR count). The molecule has 0 aliphatic carbocycles. The lowest BCUT2D eigenvalue weighted by Gasteiger charge is -2.21. The minimum atomic E-state index is -3.82. The molecule has 0 saturated heterocycles. The molecule has 0 aliphatic rings. The van der Waals surface area contributed by atoms with Gasteiger partial charge in [0.05, 0.1) is 9.82 Å². The second-order valence-corrected chi connectivity index (χ2v) is 7.43. The van der Waals surface area contributed by atoms with E-state index in [1.807, 2.05) is 6.92 Å². The second-order valence-electron chi connectivity index (χ2n) is 5.78. The van der Waals surface area contributed by atoms with Crippen molar-refractivity contribution in [1.29, 1.82) is 0 Å². The molecule has 0 atom stereocenters. The molecule has 8 heteroatoms. The number of nitrogens with zero attached hydrogens (tertiary/aromatic N) is 1. The molecular formula is C13H21N3O4S. The van der Waals surface area contributed by atoms with E-state index in [2.05, 4.69) is 10.0 Å². The smallest absolute Gasteiger partial charge is 0.293 e. The highest BCUT2D eigenvalue weighted by Gasteiger charge is 2.27. The summed E-state index contributed by atoms with van der Waals surface area (Å²) in [5.74, 6) is 0. The Labute approximate surface area is 124 Å². The second kappa shape index (κ2) is 5.98. The van der Waals surface area contributed by atoms with Crippen LogP contribution in [0.15, 0.2) is 17.0 Å². The van der Waals surface area contributed by atoms with Gasteiger partial charge in [0.15, 0.2) is 0 Å². The van der Waals surface area contributed by atoms with Gasteiger partial charge < -0.3 is 5.32 Å². The number of nitro groups is 1. The summed E-state index contributed by atoms with van der Waals surface area (Å²) in [6.07, 6.45) is 0. The first-order valence-electron chi connectivity index (χ1n) is 6.55. The zero-order chi connectivity index (χ0) is 16.4. The van der Waals surface area contributed by atoms with E-state index in [1.54, 1.807) is 27.7 Å². The van der Waals surface area contributed by atoms with Gasteiger partial charge in [-0.25, -0.2) is 13.1 Å². The van der Waals surface area contributed by atoms with E-state index in [-0.39, 0.29) is 10.6 Å². The Bertz CT molecular complexity index is 648. The predicted octanol–water partition coefficient (Wildman–Crippen LogP) is 2.41. The molecule has 0 aliphatic heterocycles. The summed E-state index contributed by atoms with van der Waals surface area (Å²) >= 11 is 0. The molecule has 0 aromatic heterocycles. The van der Waals surface area contributed by atoms with Crippen molar-refractivity contribution < 1.29 is 13.3 Å². The number of anilines is 1. The fraction of sp³-hybridized carbons (Fsp3) is 0.538. The van der Waals surface area contributed by atoms with E-state index in [0.717, 1.165) is 6.07 Å². The van der Waals surface area contributed by atoms with Gasteiger partial charge in [-0.05, 0) is 46.2 Å². The third kappa shape index (κ3) is 4.40. The Hall–Kier alpha value is -1.67. The highest BCUT2D eigenvalue weighted by molar-refractivity contribution is 7.89. The quantitative estimate of drug-likeness (QED) is 0.642. The van der Waals surface area contributed by atoms with Gasteiger partial charge in [-0.3, -0.25) is 10.1 Å². The zero-order valence-corrected chi connectivity index (χ0v) is 13.7. The van der Waals surface area contributed by atoms with Crippen molar-refractivity contribution >= 4 is 21.4 Å². The van der Waals surface area contributed by atoms with Gasteiger partial charge in [-0.1, -0.05) is 0 Å². The predicted molar refractivity (Wildman–Crippen MR) is 82.1 cm³/mol. The van der Waals surface area contributed by atoms with Gasteiger partial charge in [0.25, 0.3) is 5.69 Å². The first-order valence-corrected chi connectivity index (χ1v) is 8.03. The molecule has 2 N–H and O–H groups in total. The topological polar surface area (TPSA) is 101 Å². The molecule has 7 nitrogen and oxygen atoms in total. The number of aryl methyl sites for hydroxylation is 1. The summed E-state index contributed by atoms with van der Waals surface area (Å²) < 4.78 is 27.2. The molecule has 0 bridgehead atoms. The Morgan fingerprint density at radius 2 is 1.86 bits per heavy atom. The molecule has 0 radical (unpaired) electrons. The Balaban J connectivity index is 3.45. The lowest BCUT2D eigenvalue weighted by molar-refractivity contribution is -0.384. The molecule has 0 spiro atoms. The summed E-state index contributed by atoms with van der Waals surface area (Å²) in [7, 11) is -3.82. The number of hydrogen-bond donors (Lipinski definition) is 2. The fourth-order valence-corrected chi connectivity index (χ4v) is 3.57. The van der Waals surface area contributed by atoms with Gasteiger partial charge in [0, 0.05) is 18.2 Å². The molecular weight excluding hydrogens is 294 g/mol. The van der Waals surface area contributed by atoms with Crippen LogP contribution < -0.4 is 10.0 Å². The van der Waals surface area contributed by atoms with Crippen LogP contribution in [0.4, 0.5) is 11.4 Å². The van der Waals surface area contributed by atoms with Crippen LogP contribution in [-0.4, -0.2) is 25.4 Å². The van der Waals surface area contributed by atoms with Crippen LogP contribution in [0.1, 0.15) is 33.3 Å². The number of nitrogens with one attached hydrogen (secondary N) is 2. The van der Waals surface area contributed by atoms with Crippen LogP contribution in [0.3, 0.4) is 0 Å². The molecule has 0 saturated carbocycles. The van der Waals surface area contributed by atoms with E-state index in [4.69, 9.17) is 0 Å². The summed E-state index contributed by atoms with van der Waals surface area (Å²) in [6, 6.07) is 2.58. The van der Waals surface area contributed by atoms with Crippen molar-refractivity contribution in [3.8, 4) is 0 Å². The lowest BCUT2D eigenvalue weighted by atomic mass is 10.1. The van der Waals surface area contributed by atoms with Crippen molar-refractivity contribution in [2.75, 3.05) is 11.9 Å². The molecule has 0 amide bonds. The SMILES string of the molecule is CCNc1cc(C)c(S(=O)(=O)NC(C)(C)C)cc1[N+](=O)[O-]. The summed E-state index contributed by atoms with van der Waals surface area (Å²) in [6.45, 7) is 9.06. The van der Waals surface area contributed by atoms with Crippen LogP contribution in [-0.2, 0) is 10.0 Å². The molecule has 1 aromatic carbocycles. The molecule has 0 fully saturated rings. The van der Waals surface area contributed by atoms with Crippen LogP contribution in [0, 0.1) is 17.0 Å². The molecule has 0 unspecified atom stereocenters. The molecule has 118 valence electrons. The van der Waals surface area contributed by atoms with Crippen molar-refractivity contribution in [2.45, 2.75) is 45.1 Å². The Morgan fingerprint density at radius 3 is 2.29 bits per heavy atom. The van der Waals surface area contributed by atoms with Crippen LogP contribution in [0.25, 0.3) is 0 Å². The number of hydrogen-bond acceptors (Lipinski definition) is 5. The minimum Gasteiger partial charge on any atom is -0.380 e. The van der Waals surface area contributed by atoms with Gasteiger partial charge >= 0.3 is 0 Å². The van der Waals surface area contributed by atoms with Crippen LogP contribution >= 0.6 is 0 Å². The first-order chi connectivity index (χ1) is 9.48. The first kappa shape index (κ1) is 17.4. The average molecular weight is 315 g/mol. The summed E-state index contributed by atoms with van der Waals surface area (Å²) in [5.41, 5.74) is -0.153. The highest BCUT2D eigenvalue weighted by Crippen LogP contribution is 2.30. The van der Waals surface area contributed by atoms with Crippen molar-refractivity contribution in [1.82, 2.24) is 4.72 Å². The normalized spacial score (nSPS) is 12.2. The standard InChI is InChI=1S/C13H21N3O4S/c1-6-14-10-7-9(2)12(8-11(10)16(17)18)21(19,20)15-13(3,4)5/h7-8,14-15H,6H2,1-5H3. The summed E-state index contributed by atoms with van der Waals surface area (Å²) in [4.78, 5) is 10.5. The van der Waals surface area contributed by atoms with E-state index in [9.17, 15) is 18.5 Å². The number of nitro benzene ring substituents is 1. The third-order valence-corrected chi connectivity index (χ3v) is 4.49. The van der Waals surface area contributed by atoms with Gasteiger partial charge in [0.1, 0.15) is 5.69 Å². The number of benzene rings is 1. The molecule has 0 heterocycles. The Kier molecular flexibility index (Phi) is 4.95. The monoisotopic (exact) mass is 315 g/mol. The maximum Gasteiger partial charge on any atom is 0.293 e. The zero-order valence-electron chi connectivity index (χ0n) is 12.9. The molecule has 21 heavy (non-hydrogen) atoms. The average Bonchev–Trinajstić information content (AvgIpc) is 2.25. The number of sulfonamides is 1. The molecule has 1 aromatic rings. The fourth-order valence-electron chi connectivity index (χ4n) is 1.91. The van der Waals surface area contributed by atoms with Gasteiger partial charge in [-0.2, -0.15) is 0 Å². The minimum absolute atomic E-state index is 0.0780. The van der Waals surface area contributed by atoms with Crippen molar-refractivity contribution in [3.63, 3.8) is 0 Å². The summed E-state index contributed by atoms with van der Waals surface area (Å²) in [5, 5.41) is 14.0. The Morgan fingerprint density at radius 1 is 1.29 bits per heavy atom. The highest BCUT2D eigenvalue weighted by atomic mass is 32.2. The maximum absolute atomic E-state index is 12.4. The van der Waals surface area contributed by atoms with Gasteiger partial charge in [-0.15, -0.1) is 0 Å². The third-order valence-electron chi connectivity index (χ3n) is 2.59. The lowest BCUT2D eigenvalue weighted by Crippen LogP contribution is -2.40. The van der Waals surface area contributed by atoms with E-state index in [0.29, 0.717) is 17.8 Å². The van der Waals surface area contributed by atoms with Crippen molar-refractivity contribution in [3.05, 3.63) is 27.8 Å². The maximum atomic E-state index is 12.4. The largest absolute Gasteiger partial charge is 0.380 e. The van der Waals surface area contributed by atoms with E-state index >= 15 is 0 Å². The van der Waals surface area contributed by atoms with Crippen molar-refractivity contribution in [2.24, 2.45) is 0 Å². The van der Waals surface area contributed by atoms with E-state index in [1.165, 1.54) is 6.07 Å². The van der Waals surface area contributed by atoms with Crippen LogP contribution in [0.5, 0.6) is 0 Å². The van der Waals surface area contributed by atoms with Crippen LogP contribution in [0.2, 0.25) is 0 Å². The number of rotatable bonds is 5.